The summed E-state index contributed by atoms with van der Waals surface area (Å²) in [6.07, 6.45) is 1.85. The van der Waals surface area contributed by atoms with Gasteiger partial charge in [-0.1, -0.05) is 26.0 Å². The predicted octanol–water partition coefficient (Wildman–Crippen LogP) is 3.24. The number of morpholine rings is 1. The second-order valence-electron chi connectivity index (χ2n) is 7.23. The fourth-order valence-corrected chi connectivity index (χ4v) is 3.94. The maximum absolute atomic E-state index is 5.46. The third-order valence-corrected chi connectivity index (χ3v) is 5.97. The van der Waals surface area contributed by atoms with Gasteiger partial charge in [0.2, 0.25) is 0 Å². The van der Waals surface area contributed by atoms with Gasteiger partial charge in [0, 0.05) is 55.3 Å². The summed E-state index contributed by atoms with van der Waals surface area (Å²) in [6, 6.07) is 8.39. The van der Waals surface area contributed by atoms with E-state index in [0.717, 1.165) is 44.6 Å². The summed E-state index contributed by atoms with van der Waals surface area (Å²) in [6.45, 7) is 9.26. The zero-order chi connectivity index (χ0) is 19.1. The molecule has 2 N–H and O–H groups in total. The lowest BCUT2D eigenvalue weighted by Crippen LogP contribution is -2.43. The quantitative estimate of drug-likeness (QED) is 0.352. The van der Waals surface area contributed by atoms with E-state index < -0.39 is 0 Å². The number of aromatic nitrogens is 1. The van der Waals surface area contributed by atoms with Crippen LogP contribution in [0.4, 0.5) is 5.82 Å². The molecule has 3 rings (SSSR count). The first-order valence-electron chi connectivity index (χ1n) is 9.35. The standard InChI is InChI=1S/C20H29N5OS.HI/c1-20(2,17-7-5-13-27-17)15-24-19(21-3)23-14-16-6-4-8-22-18(16)25-9-11-26-12-10-25;/h4-8,13H,9-12,14-15H2,1-3H3,(H2,21,23,24);1H. The van der Waals surface area contributed by atoms with Gasteiger partial charge in [0.05, 0.1) is 13.2 Å². The molecule has 6 nitrogen and oxygen atoms in total. The number of guanidine groups is 1. The van der Waals surface area contributed by atoms with Crippen LogP contribution >= 0.6 is 35.3 Å². The molecule has 0 spiro atoms. The number of rotatable bonds is 6. The van der Waals surface area contributed by atoms with Crippen molar-refractivity contribution < 1.29 is 4.74 Å². The van der Waals surface area contributed by atoms with E-state index >= 15 is 0 Å². The van der Waals surface area contributed by atoms with Crippen molar-refractivity contribution in [2.24, 2.45) is 4.99 Å². The van der Waals surface area contributed by atoms with Crippen LogP contribution in [-0.2, 0) is 16.7 Å². The van der Waals surface area contributed by atoms with Crippen molar-refractivity contribution >= 4 is 47.1 Å². The molecule has 1 fully saturated rings. The summed E-state index contributed by atoms with van der Waals surface area (Å²) in [7, 11) is 1.81. The highest BCUT2D eigenvalue weighted by Gasteiger charge is 2.22. The van der Waals surface area contributed by atoms with Gasteiger partial charge in [-0.05, 0) is 17.5 Å². The van der Waals surface area contributed by atoms with Crippen LogP contribution in [0, 0.1) is 0 Å². The first-order chi connectivity index (χ1) is 13.1. The van der Waals surface area contributed by atoms with E-state index in [4.69, 9.17) is 4.74 Å². The van der Waals surface area contributed by atoms with Gasteiger partial charge in [0.25, 0.3) is 0 Å². The summed E-state index contributed by atoms with van der Waals surface area (Å²) in [5.74, 6) is 1.83. The van der Waals surface area contributed by atoms with Crippen molar-refractivity contribution in [3.8, 4) is 0 Å². The van der Waals surface area contributed by atoms with Crippen molar-refractivity contribution in [1.29, 1.82) is 0 Å². The molecule has 0 saturated carbocycles. The molecule has 28 heavy (non-hydrogen) atoms. The molecule has 8 heteroatoms. The minimum atomic E-state index is 0. The highest BCUT2D eigenvalue weighted by Crippen LogP contribution is 2.26. The Hall–Kier alpha value is -1.39. The van der Waals surface area contributed by atoms with Crippen LogP contribution in [-0.4, -0.2) is 50.8 Å². The summed E-state index contributed by atoms with van der Waals surface area (Å²) < 4.78 is 5.46. The van der Waals surface area contributed by atoms with Crippen LogP contribution in [0.2, 0.25) is 0 Å². The fourth-order valence-electron chi connectivity index (χ4n) is 3.08. The lowest BCUT2D eigenvalue weighted by molar-refractivity contribution is 0.122. The van der Waals surface area contributed by atoms with Gasteiger partial charge in [0.1, 0.15) is 5.82 Å². The Bertz CT molecular complexity index is 745. The van der Waals surface area contributed by atoms with Gasteiger partial charge in [-0.25, -0.2) is 4.98 Å². The van der Waals surface area contributed by atoms with Crippen LogP contribution in [0.1, 0.15) is 24.3 Å². The number of ether oxygens (including phenoxy) is 1. The minimum Gasteiger partial charge on any atom is -0.378 e. The van der Waals surface area contributed by atoms with Crippen LogP contribution in [0.25, 0.3) is 0 Å². The van der Waals surface area contributed by atoms with E-state index in [1.54, 1.807) is 18.4 Å². The molecule has 0 atom stereocenters. The number of thiophene rings is 1. The minimum absolute atomic E-state index is 0. The van der Waals surface area contributed by atoms with Crippen molar-refractivity contribution in [2.45, 2.75) is 25.8 Å². The predicted molar refractivity (Wildman–Crippen MR) is 128 cm³/mol. The molecule has 0 unspecified atom stereocenters. The topological polar surface area (TPSA) is 61.8 Å². The molecule has 2 aromatic heterocycles. The number of pyridine rings is 1. The van der Waals surface area contributed by atoms with E-state index in [9.17, 15) is 0 Å². The Morgan fingerprint density at radius 2 is 2.04 bits per heavy atom. The third kappa shape index (κ3) is 6.05. The Labute approximate surface area is 188 Å². The number of nitrogens with one attached hydrogen (secondary N) is 2. The van der Waals surface area contributed by atoms with Gasteiger partial charge in [0.15, 0.2) is 5.96 Å². The fraction of sp³-hybridized carbons (Fsp3) is 0.500. The smallest absolute Gasteiger partial charge is 0.191 e. The Morgan fingerprint density at radius 3 is 2.71 bits per heavy atom. The molecule has 0 radical (unpaired) electrons. The molecule has 0 bridgehead atoms. The number of hydrogen-bond acceptors (Lipinski definition) is 5. The van der Waals surface area contributed by atoms with Gasteiger partial charge in [-0.2, -0.15) is 0 Å². The van der Waals surface area contributed by atoms with Gasteiger partial charge in [-0.3, -0.25) is 4.99 Å². The molecule has 2 aromatic rings. The van der Waals surface area contributed by atoms with Crippen LogP contribution in [0.3, 0.4) is 0 Å². The van der Waals surface area contributed by atoms with E-state index in [2.05, 4.69) is 62.9 Å². The zero-order valence-corrected chi connectivity index (χ0v) is 19.9. The Balaban J connectivity index is 0.00000280. The van der Waals surface area contributed by atoms with E-state index in [1.807, 2.05) is 12.3 Å². The molecule has 3 heterocycles. The Morgan fingerprint density at radius 1 is 1.25 bits per heavy atom. The van der Waals surface area contributed by atoms with Crippen molar-refractivity contribution in [3.63, 3.8) is 0 Å². The van der Waals surface area contributed by atoms with Crippen molar-refractivity contribution in [2.75, 3.05) is 44.8 Å². The van der Waals surface area contributed by atoms with E-state index in [0.29, 0.717) is 6.54 Å². The molecule has 1 saturated heterocycles. The number of nitrogens with zero attached hydrogens (tertiary/aromatic N) is 3. The zero-order valence-electron chi connectivity index (χ0n) is 16.8. The second kappa shape index (κ2) is 11.0. The normalized spacial score (nSPS) is 15.1. The number of aliphatic imine (C=N–C) groups is 1. The highest BCUT2D eigenvalue weighted by molar-refractivity contribution is 14.0. The number of halogens is 1. The van der Waals surface area contributed by atoms with E-state index in [-0.39, 0.29) is 29.4 Å². The highest BCUT2D eigenvalue weighted by atomic mass is 127. The summed E-state index contributed by atoms with van der Waals surface area (Å²) >= 11 is 1.79. The Kier molecular flexibility index (Phi) is 8.97. The van der Waals surface area contributed by atoms with Gasteiger partial charge in [-0.15, -0.1) is 35.3 Å². The maximum Gasteiger partial charge on any atom is 0.191 e. The molecule has 1 aliphatic heterocycles. The lowest BCUT2D eigenvalue weighted by Gasteiger charge is -2.29. The SMILES string of the molecule is CN=C(NCc1cccnc1N1CCOCC1)NCC(C)(C)c1cccs1.I. The summed E-state index contributed by atoms with van der Waals surface area (Å²) in [5, 5.41) is 9.01. The summed E-state index contributed by atoms with van der Waals surface area (Å²) in [4.78, 5) is 12.6. The van der Waals surface area contributed by atoms with Crippen LogP contribution < -0.4 is 15.5 Å². The van der Waals surface area contributed by atoms with Crippen LogP contribution in [0.15, 0.2) is 40.8 Å². The first kappa shape index (κ1) is 22.9. The average Bonchev–Trinajstić information content (AvgIpc) is 3.25. The third-order valence-electron chi connectivity index (χ3n) is 4.73. The average molecular weight is 515 g/mol. The molecular weight excluding hydrogens is 485 g/mol. The largest absolute Gasteiger partial charge is 0.378 e. The van der Waals surface area contributed by atoms with Gasteiger partial charge >= 0.3 is 0 Å². The van der Waals surface area contributed by atoms with Crippen molar-refractivity contribution in [3.05, 3.63) is 46.3 Å². The molecule has 154 valence electrons. The lowest BCUT2D eigenvalue weighted by atomic mass is 9.91. The van der Waals surface area contributed by atoms with Crippen molar-refractivity contribution in [1.82, 2.24) is 15.6 Å². The summed E-state index contributed by atoms with van der Waals surface area (Å²) in [5.41, 5.74) is 1.22. The van der Waals surface area contributed by atoms with E-state index in [1.165, 1.54) is 10.4 Å². The maximum atomic E-state index is 5.46. The van der Waals surface area contributed by atoms with Gasteiger partial charge < -0.3 is 20.3 Å². The second-order valence-corrected chi connectivity index (χ2v) is 8.17. The molecular formula is C20H30IN5OS. The monoisotopic (exact) mass is 515 g/mol. The molecule has 0 aliphatic carbocycles. The molecule has 1 aliphatic rings. The molecule has 0 aromatic carbocycles. The first-order valence-corrected chi connectivity index (χ1v) is 10.2. The number of hydrogen-bond donors (Lipinski definition) is 2. The van der Waals surface area contributed by atoms with Crippen LogP contribution in [0.5, 0.6) is 0 Å². The number of anilines is 1. The molecule has 0 amide bonds.